The van der Waals surface area contributed by atoms with Crippen molar-refractivity contribution in [3.8, 4) is 11.5 Å². The molecule has 2 aromatic rings. The number of hydrogen-bond donors (Lipinski definition) is 3. The zero-order chi connectivity index (χ0) is 29.6. The molecule has 40 heavy (non-hydrogen) atoms. The molecule has 1 aliphatic rings. The lowest BCUT2D eigenvalue weighted by Gasteiger charge is -2.33. The Labute approximate surface area is 236 Å². The summed E-state index contributed by atoms with van der Waals surface area (Å²) in [5, 5.41) is 15.4. The monoisotopic (exact) mass is 576 g/mol. The molecular formula is C28H40N4O7S. The highest BCUT2D eigenvalue weighted by atomic mass is 32.2. The Bertz CT molecular complexity index is 1280. The van der Waals surface area contributed by atoms with Gasteiger partial charge in [0, 0.05) is 36.8 Å². The number of anilines is 1. The number of hydrogen-bond acceptors (Lipinski definition) is 7. The molecule has 12 heteroatoms. The maximum Gasteiger partial charge on any atom is 0.319 e. The summed E-state index contributed by atoms with van der Waals surface area (Å²) in [7, 11) is -0.850. The van der Waals surface area contributed by atoms with Crippen molar-refractivity contribution < 1.29 is 32.6 Å². The van der Waals surface area contributed by atoms with Gasteiger partial charge in [0.05, 0.1) is 37.6 Å². The number of carbonyl (C=O) groups is 2. The Kier molecular flexibility index (Phi) is 10.4. The van der Waals surface area contributed by atoms with Gasteiger partial charge in [-0.3, -0.25) is 4.79 Å². The zero-order valence-corrected chi connectivity index (χ0v) is 24.7. The number of rotatable bonds is 9. The first kappa shape index (κ1) is 31.2. The smallest absolute Gasteiger partial charge is 0.319 e. The van der Waals surface area contributed by atoms with E-state index in [4.69, 9.17) is 9.47 Å². The van der Waals surface area contributed by atoms with Crippen LogP contribution in [0.4, 0.5) is 10.5 Å². The summed E-state index contributed by atoms with van der Waals surface area (Å²) in [5.74, 6) is 0.479. The van der Waals surface area contributed by atoms with Crippen LogP contribution in [0.25, 0.3) is 0 Å². The summed E-state index contributed by atoms with van der Waals surface area (Å²) >= 11 is 0. The minimum atomic E-state index is -3.85. The second kappa shape index (κ2) is 13.3. The lowest BCUT2D eigenvalue weighted by molar-refractivity contribution is -0.134. The Morgan fingerprint density at radius 2 is 1.88 bits per heavy atom. The average molecular weight is 577 g/mol. The van der Waals surface area contributed by atoms with E-state index < -0.39 is 22.2 Å². The number of fused-ring (bicyclic) bond motifs is 1. The molecule has 0 saturated carbocycles. The third-order valence-corrected chi connectivity index (χ3v) is 8.64. The maximum absolute atomic E-state index is 13.4. The SMILES string of the molecule is COc1ccc(S(=O)(=O)N(C)C[C@@H]2Oc3ccc(NC(=O)NC(C)C)cc3CC(=O)N([C@H](C)CO)C[C@@H]2C)cc1. The average Bonchev–Trinajstić information content (AvgIpc) is 2.95. The van der Waals surface area contributed by atoms with Crippen molar-refractivity contribution in [3.63, 3.8) is 0 Å². The predicted molar refractivity (Wildman–Crippen MR) is 152 cm³/mol. The van der Waals surface area contributed by atoms with Crippen LogP contribution in [-0.2, 0) is 21.2 Å². The quantitative estimate of drug-likeness (QED) is 0.417. The lowest BCUT2D eigenvalue weighted by atomic mass is 10.0. The van der Waals surface area contributed by atoms with Crippen LogP contribution >= 0.6 is 0 Å². The van der Waals surface area contributed by atoms with Gasteiger partial charge in [0.1, 0.15) is 17.6 Å². The number of amides is 3. The van der Waals surface area contributed by atoms with Crippen LogP contribution in [-0.4, -0.2) is 86.7 Å². The van der Waals surface area contributed by atoms with Gasteiger partial charge >= 0.3 is 6.03 Å². The van der Waals surface area contributed by atoms with Crippen LogP contribution in [0.2, 0.25) is 0 Å². The van der Waals surface area contributed by atoms with Crippen molar-refractivity contribution in [2.75, 3.05) is 39.2 Å². The molecule has 2 aromatic carbocycles. The molecule has 3 amide bonds. The number of sulfonamides is 1. The molecule has 0 radical (unpaired) electrons. The highest BCUT2D eigenvalue weighted by Gasteiger charge is 2.33. The molecule has 0 bridgehead atoms. The second-order valence-electron chi connectivity index (χ2n) is 10.4. The van der Waals surface area contributed by atoms with E-state index in [2.05, 4.69) is 10.6 Å². The number of aliphatic hydroxyl groups is 1. The summed E-state index contributed by atoms with van der Waals surface area (Å²) in [6.07, 6.45) is -0.639. The van der Waals surface area contributed by atoms with Gasteiger partial charge in [0.25, 0.3) is 0 Å². The van der Waals surface area contributed by atoms with Crippen molar-refractivity contribution in [2.24, 2.45) is 5.92 Å². The number of benzene rings is 2. The summed E-state index contributed by atoms with van der Waals surface area (Å²) in [6, 6.07) is 10.3. The fourth-order valence-corrected chi connectivity index (χ4v) is 5.62. The largest absolute Gasteiger partial charge is 0.497 e. The fraction of sp³-hybridized carbons (Fsp3) is 0.500. The highest BCUT2D eigenvalue weighted by molar-refractivity contribution is 7.89. The fourth-order valence-electron chi connectivity index (χ4n) is 4.43. The van der Waals surface area contributed by atoms with E-state index in [-0.39, 0.29) is 54.9 Å². The van der Waals surface area contributed by atoms with Crippen molar-refractivity contribution in [1.29, 1.82) is 0 Å². The van der Waals surface area contributed by atoms with E-state index >= 15 is 0 Å². The molecule has 3 N–H and O–H groups in total. The first-order valence-corrected chi connectivity index (χ1v) is 14.7. The number of ether oxygens (including phenoxy) is 2. The van der Waals surface area contributed by atoms with Crippen LogP contribution in [0.15, 0.2) is 47.4 Å². The Balaban J connectivity index is 1.94. The third kappa shape index (κ3) is 7.64. The molecule has 0 spiro atoms. The Hall–Kier alpha value is -3.35. The molecule has 1 aliphatic heterocycles. The molecule has 3 atom stereocenters. The second-order valence-corrected chi connectivity index (χ2v) is 12.5. The summed E-state index contributed by atoms with van der Waals surface area (Å²) in [4.78, 5) is 27.3. The van der Waals surface area contributed by atoms with Crippen LogP contribution < -0.4 is 20.1 Å². The number of carbonyl (C=O) groups excluding carboxylic acids is 2. The topological polar surface area (TPSA) is 138 Å². The Morgan fingerprint density at radius 3 is 2.48 bits per heavy atom. The molecular weight excluding hydrogens is 536 g/mol. The van der Waals surface area contributed by atoms with Gasteiger partial charge in [0.2, 0.25) is 15.9 Å². The molecule has 220 valence electrons. The molecule has 1 heterocycles. The summed E-state index contributed by atoms with van der Waals surface area (Å²) in [5.41, 5.74) is 1.03. The number of nitrogens with zero attached hydrogens (tertiary/aromatic N) is 2. The highest BCUT2D eigenvalue weighted by Crippen LogP contribution is 2.30. The minimum absolute atomic E-state index is 0.0135. The van der Waals surface area contributed by atoms with Crippen LogP contribution in [0.5, 0.6) is 11.5 Å². The molecule has 3 rings (SSSR count). The number of methoxy groups -OCH3 is 1. The molecule has 0 unspecified atom stereocenters. The van der Waals surface area contributed by atoms with Crippen molar-refractivity contribution in [1.82, 2.24) is 14.5 Å². The molecule has 0 aromatic heterocycles. The van der Waals surface area contributed by atoms with E-state index in [1.807, 2.05) is 20.8 Å². The van der Waals surface area contributed by atoms with E-state index in [1.165, 1.54) is 30.6 Å². The van der Waals surface area contributed by atoms with Gasteiger partial charge < -0.3 is 30.1 Å². The maximum atomic E-state index is 13.4. The van der Waals surface area contributed by atoms with E-state index in [0.29, 0.717) is 22.7 Å². The lowest BCUT2D eigenvalue weighted by Crippen LogP contribution is -2.48. The minimum Gasteiger partial charge on any atom is -0.497 e. The summed E-state index contributed by atoms with van der Waals surface area (Å²) in [6.45, 7) is 7.40. The number of likely N-dealkylation sites (N-methyl/N-ethyl adjacent to an activating group) is 1. The van der Waals surface area contributed by atoms with Crippen molar-refractivity contribution in [2.45, 2.75) is 57.2 Å². The van der Waals surface area contributed by atoms with Crippen LogP contribution in [0, 0.1) is 5.92 Å². The molecule has 0 fully saturated rings. The Morgan fingerprint density at radius 1 is 1.20 bits per heavy atom. The molecule has 0 aliphatic carbocycles. The van der Waals surface area contributed by atoms with Gasteiger partial charge in [0.15, 0.2) is 0 Å². The van der Waals surface area contributed by atoms with Gasteiger partial charge in [-0.2, -0.15) is 4.31 Å². The predicted octanol–water partition coefficient (Wildman–Crippen LogP) is 2.69. The first-order chi connectivity index (χ1) is 18.8. The first-order valence-electron chi connectivity index (χ1n) is 13.2. The number of nitrogens with one attached hydrogen (secondary N) is 2. The van der Waals surface area contributed by atoms with Crippen LogP contribution in [0.1, 0.15) is 33.3 Å². The zero-order valence-electron chi connectivity index (χ0n) is 23.9. The van der Waals surface area contributed by atoms with Crippen molar-refractivity contribution in [3.05, 3.63) is 48.0 Å². The molecule has 0 saturated heterocycles. The van der Waals surface area contributed by atoms with E-state index in [0.717, 1.165) is 0 Å². The van der Waals surface area contributed by atoms with E-state index in [1.54, 1.807) is 42.2 Å². The van der Waals surface area contributed by atoms with Gasteiger partial charge in [-0.15, -0.1) is 0 Å². The van der Waals surface area contributed by atoms with Crippen molar-refractivity contribution >= 4 is 27.6 Å². The van der Waals surface area contributed by atoms with Gasteiger partial charge in [-0.1, -0.05) is 6.92 Å². The van der Waals surface area contributed by atoms with Gasteiger partial charge in [-0.25, -0.2) is 13.2 Å². The standard InChI is InChI=1S/C28H40N4O7S/c1-18(2)29-28(35)30-22-7-12-25-21(13-22)14-27(34)32(20(4)17-33)15-19(3)26(39-25)16-31(5)40(36,37)24-10-8-23(38-6)9-11-24/h7-13,18-20,26,33H,14-17H2,1-6H3,(H2,29,30,35)/t19-,20+,26-/m0/s1. The third-order valence-electron chi connectivity index (χ3n) is 6.80. The normalized spacial score (nSPS) is 18.7. The number of urea groups is 1. The van der Waals surface area contributed by atoms with Gasteiger partial charge in [-0.05, 0) is 63.2 Å². The number of aliphatic hydroxyl groups excluding tert-OH is 1. The summed E-state index contributed by atoms with van der Waals surface area (Å²) < 4.78 is 39.5. The van der Waals surface area contributed by atoms with E-state index in [9.17, 15) is 23.1 Å². The van der Waals surface area contributed by atoms with Crippen LogP contribution in [0.3, 0.4) is 0 Å². The molecule has 11 nitrogen and oxygen atoms in total.